The molecule has 3 saturated heterocycles. The highest BCUT2D eigenvalue weighted by Crippen LogP contribution is 2.38. The topological polar surface area (TPSA) is 229 Å². The smallest absolute Gasteiger partial charge is 0.305 e. The first-order valence-corrected chi connectivity index (χ1v) is 13.9. The average Bonchev–Trinajstić information content (AvgIpc) is 3.50. The Hall–Kier alpha value is -2.93. The Morgan fingerprint density at radius 1 is 0.773 bits per heavy atom. The van der Waals surface area contributed by atoms with Crippen molar-refractivity contribution in [2.24, 2.45) is 0 Å². The van der Waals surface area contributed by atoms with Gasteiger partial charge in [-0.05, 0) is 13.8 Å². The van der Waals surface area contributed by atoms with Crippen LogP contribution in [0.4, 0.5) is 0 Å². The van der Waals surface area contributed by atoms with Gasteiger partial charge in [0.25, 0.3) is 0 Å². The van der Waals surface area contributed by atoms with E-state index in [1.54, 1.807) is 13.8 Å². The van der Waals surface area contributed by atoms with Crippen LogP contribution < -0.4 is 0 Å². The lowest BCUT2D eigenvalue weighted by atomic mass is 10.1. The number of aliphatic hydroxyl groups is 3. The van der Waals surface area contributed by atoms with Crippen molar-refractivity contribution in [2.75, 3.05) is 13.2 Å². The maximum Gasteiger partial charge on any atom is 0.305 e. The van der Waals surface area contributed by atoms with Gasteiger partial charge in [0.05, 0.1) is 6.61 Å². The fraction of sp³-hybridized carbons (Fsp3) is 0.815. The van der Waals surface area contributed by atoms with Crippen LogP contribution in [0.1, 0.15) is 62.3 Å². The molecule has 3 aliphatic rings. The minimum atomic E-state index is -1.42. The van der Waals surface area contributed by atoms with Crippen LogP contribution in [0.25, 0.3) is 0 Å². The molecule has 44 heavy (non-hydrogen) atoms. The van der Waals surface area contributed by atoms with E-state index >= 15 is 0 Å². The highest BCUT2D eigenvalue weighted by atomic mass is 16.8. The van der Waals surface area contributed by atoms with E-state index in [1.807, 2.05) is 13.8 Å². The first-order valence-electron chi connectivity index (χ1n) is 13.9. The number of esters is 5. The summed E-state index contributed by atoms with van der Waals surface area (Å²) in [4.78, 5) is 56.7. The fourth-order valence-electron chi connectivity index (χ4n) is 4.40. The zero-order valence-corrected chi connectivity index (χ0v) is 26.2. The van der Waals surface area contributed by atoms with Crippen LogP contribution in [-0.2, 0) is 66.6 Å². The lowest BCUT2D eigenvalue weighted by Crippen LogP contribution is -2.46. The molecule has 0 amide bonds. The molecule has 10 atom stereocenters. The Kier molecular flexibility index (Phi) is 15.6. The Balaban J connectivity index is 0.000000476. The fourth-order valence-corrected chi connectivity index (χ4v) is 4.40. The van der Waals surface area contributed by atoms with Crippen molar-refractivity contribution in [1.82, 2.24) is 0 Å². The largest absolute Gasteiger partial charge is 0.462 e. The molecule has 4 unspecified atom stereocenters. The summed E-state index contributed by atoms with van der Waals surface area (Å²) in [6, 6.07) is 0. The minimum absolute atomic E-state index is 0.420. The molecular formula is C27H44O17. The molecule has 0 bridgehead atoms. The number of rotatable bonds is 9. The Morgan fingerprint density at radius 3 is 1.77 bits per heavy atom. The number of fused-ring (bicyclic) bond motifs is 1. The van der Waals surface area contributed by atoms with Crippen LogP contribution in [0.15, 0.2) is 0 Å². The second kappa shape index (κ2) is 17.5. The summed E-state index contributed by atoms with van der Waals surface area (Å²) in [5.74, 6) is -4.40. The number of hydrogen-bond donors (Lipinski definition) is 3. The van der Waals surface area contributed by atoms with Crippen LogP contribution in [0.2, 0.25) is 0 Å². The first-order chi connectivity index (χ1) is 20.4. The zero-order valence-electron chi connectivity index (χ0n) is 26.2. The van der Waals surface area contributed by atoms with Gasteiger partial charge in [-0.1, -0.05) is 13.8 Å². The normalized spacial score (nSPS) is 31.0. The molecule has 3 heterocycles. The number of hydrogen-bond acceptors (Lipinski definition) is 17. The standard InChI is InChI=1S/C16H22O11.C9H16O6.C2H6/c1-7(17)22-6-12(23-8(2)18)13-14(24-9(3)19)15(25-10(4)20)16(27-13)26-11(5)21;1-9(2)14-7-5(12)6(4(11)3-10)13-8(7)15-9;1-2/h12-16H,6H2,1-5H3;4-8,10-12H,3H2,1-2H3;1-2H3/t12?,13-,14+,15-,16?;4?,5-,6+,7+,8?;/m10./s1. The van der Waals surface area contributed by atoms with Gasteiger partial charge in [-0.3, -0.25) is 24.0 Å². The predicted molar refractivity (Wildman–Crippen MR) is 143 cm³/mol. The molecule has 0 saturated carbocycles. The molecule has 17 nitrogen and oxygen atoms in total. The van der Waals surface area contributed by atoms with Gasteiger partial charge in [0, 0.05) is 34.6 Å². The first kappa shape index (κ1) is 39.1. The Morgan fingerprint density at radius 2 is 1.32 bits per heavy atom. The molecule has 0 aromatic heterocycles. The van der Waals surface area contributed by atoms with Gasteiger partial charge in [-0.25, -0.2) is 0 Å². The van der Waals surface area contributed by atoms with Crippen LogP contribution in [0, 0.1) is 0 Å². The monoisotopic (exact) mass is 640 g/mol. The average molecular weight is 641 g/mol. The number of carbonyl (C=O) groups is 5. The van der Waals surface area contributed by atoms with Crippen LogP contribution >= 0.6 is 0 Å². The van der Waals surface area contributed by atoms with E-state index in [2.05, 4.69) is 0 Å². The maximum atomic E-state index is 11.5. The zero-order chi connectivity index (χ0) is 33.9. The Bertz CT molecular complexity index is 983. The van der Waals surface area contributed by atoms with Gasteiger partial charge in [0.2, 0.25) is 12.4 Å². The van der Waals surface area contributed by atoms with E-state index in [9.17, 15) is 34.2 Å². The third-order valence-electron chi connectivity index (χ3n) is 5.85. The van der Waals surface area contributed by atoms with E-state index in [1.165, 1.54) is 0 Å². The quantitative estimate of drug-likeness (QED) is 0.208. The molecule has 3 aliphatic heterocycles. The third kappa shape index (κ3) is 11.5. The van der Waals surface area contributed by atoms with Crippen LogP contribution in [-0.4, -0.2) is 126 Å². The summed E-state index contributed by atoms with van der Waals surface area (Å²) in [6.07, 6.45) is -10.7. The van der Waals surface area contributed by atoms with Crippen molar-refractivity contribution in [1.29, 1.82) is 0 Å². The van der Waals surface area contributed by atoms with Crippen molar-refractivity contribution >= 4 is 29.8 Å². The van der Waals surface area contributed by atoms with Crippen molar-refractivity contribution in [3.05, 3.63) is 0 Å². The van der Waals surface area contributed by atoms with Crippen molar-refractivity contribution in [2.45, 2.75) is 130 Å². The SMILES string of the molecule is CC.CC(=O)OCC(OC(C)=O)[C@H]1OC(OC(C)=O)[C@H](OC(C)=O)[C@H]1OC(C)=O.CC1(C)OC2O[C@H](C(O)CO)[C@H](O)[C@H]2O1. The summed E-state index contributed by atoms with van der Waals surface area (Å²) >= 11 is 0. The second-order valence-corrected chi connectivity index (χ2v) is 9.99. The van der Waals surface area contributed by atoms with Gasteiger partial charge in [-0.2, -0.15) is 0 Å². The van der Waals surface area contributed by atoms with E-state index in [4.69, 9.17) is 47.7 Å². The van der Waals surface area contributed by atoms with E-state index in [0.29, 0.717) is 0 Å². The van der Waals surface area contributed by atoms with Gasteiger partial charge in [0.15, 0.2) is 24.3 Å². The third-order valence-corrected chi connectivity index (χ3v) is 5.85. The minimum Gasteiger partial charge on any atom is -0.462 e. The molecule has 0 aromatic rings. The van der Waals surface area contributed by atoms with E-state index < -0.39 is 110 Å². The molecule has 0 radical (unpaired) electrons. The van der Waals surface area contributed by atoms with Crippen LogP contribution in [0.5, 0.6) is 0 Å². The lowest BCUT2D eigenvalue weighted by molar-refractivity contribution is -0.227. The van der Waals surface area contributed by atoms with Crippen molar-refractivity contribution < 1.29 is 81.9 Å². The molecule has 3 N–H and O–H groups in total. The van der Waals surface area contributed by atoms with Crippen molar-refractivity contribution in [3.8, 4) is 0 Å². The molecule has 0 spiro atoms. The highest BCUT2D eigenvalue weighted by molar-refractivity contribution is 5.69. The predicted octanol–water partition coefficient (Wildman–Crippen LogP) is -0.764. The molecule has 254 valence electrons. The lowest BCUT2D eigenvalue weighted by Gasteiger charge is -2.27. The summed E-state index contributed by atoms with van der Waals surface area (Å²) < 4.78 is 46.7. The summed E-state index contributed by atoms with van der Waals surface area (Å²) in [7, 11) is 0. The van der Waals surface area contributed by atoms with Crippen LogP contribution in [0.3, 0.4) is 0 Å². The molecular weight excluding hydrogens is 596 g/mol. The number of carbonyl (C=O) groups excluding carboxylic acids is 5. The van der Waals surface area contributed by atoms with Gasteiger partial charge in [-0.15, -0.1) is 0 Å². The van der Waals surface area contributed by atoms with Crippen molar-refractivity contribution in [3.63, 3.8) is 0 Å². The van der Waals surface area contributed by atoms with Gasteiger partial charge >= 0.3 is 29.8 Å². The maximum absolute atomic E-state index is 11.5. The summed E-state index contributed by atoms with van der Waals surface area (Å²) in [5, 5.41) is 27.9. The van der Waals surface area contributed by atoms with Gasteiger partial charge < -0.3 is 58.0 Å². The Labute approximate surface area is 254 Å². The number of aliphatic hydroxyl groups excluding tert-OH is 3. The number of ether oxygens (including phenoxy) is 9. The summed E-state index contributed by atoms with van der Waals surface area (Å²) in [5.41, 5.74) is 0. The molecule has 0 aromatic carbocycles. The highest BCUT2D eigenvalue weighted by Gasteiger charge is 2.56. The summed E-state index contributed by atoms with van der Waals surface area (Å²) in [6.45, 7) is 12.1. The second-order valence-electron chi connectivity index (χ2n) is 9.99. The molecule has 17 heteroatoms. The molecule has 3 fully saturated rings. The van der Waals surface area contributed by atoms with Gasteiger partial charge in [0.1, 0.15) is 37.1 Å². The molecule has 0 aliphatic carbocycles. The molecule has 3 rings (SSSR count). The van der Waals surface area contributed by atoms with E-state index in [-0.39, 0.29) is 0 Å². The van der Waals surface area contributed by atoms with E-state index in [0.717, 1.165) is 34.6 Å².